The monoisotopic (exact) mass is 407 g/mol. The van der Waals surface area contributed by atoms with Crippen molar-refractivity contribution in [3.8, 4) is 0 Å². The van der Waals surface area contributed by atoms with Gasteiger partial charge in [-0.05, 0) is 48.8 Å². The minimum absolute atomic E-state index is 0.0744. The van der Waals surface area contributed by atoms with Crippen LogP contribution in [-0.4, -0.2) is 28.6 Å². The number of hydrogen-bond acceptors (Lipinski definition) is 3. The Labute approximate surface area is 176 Å². The van der Waals surface area contributed by atoms with Crippen LogP contribution in [0, 0.1) is 18.3 Å². The predicted molar refractivity (Wildman–Crippen MR) is 116 cm³/mol. The summed E-state index contributed by atoms with van der Waals surface area (Å²) in [5.74, 6) is -0.00320. The Bertz CT molecular complexity index is 987. The minimum Gasteiger partial charge on any atom is -0.354 e. The molecule has 0 saturated heterocycles. The van der Waals surface area contributed by atoms with Crippen LogP contribution in [0.2, 0.25) is 0 Å². The highest BCUT2D eigenvalue weighted by Gasteiger charge is 2.36. The molecule has 1 unspecified atom stereocenters. The summed E-state index contributed by atoms with van der Waals surface area (Å²) in [6.45, 7) is 5.92. The second-order valence-corrected chi connectivity index (χ2v) is 9.48. The van der Waals surface area contributed by atoms with Gasteiger partial charge in [0.05, 0.1) is 0 Å². The number of aromatic nitrogens is 1. The second kappa shape index (κ2) is 7.74. The van der Waals surface area contributed by atoms with Gasteiger partial charge in [-0.2, -0.15) is 0 Å². The van der Waals surface area contributed by atoms with Crippen LogP contribution in [-0.2, 0) is 11.2 Å². The summed E-state index contributed by atoms with van der Waals surface area (Å²) in [4.78, 5) is 41.8. The van der Waals surface area contributed by atoms with Crippen molar-refractivity contribution in [3.05, 3.63) is 52.8 Å². The first-order valence-electron chi connectivity index (χ1n) is 10.6. The van der Waals surface area contributed by atoms with Crippen molar-refractivity contribution in [2.75, 3.05) is 5.32 Å². The molecule has 2 aromatic rings. The van der Waals surface area contributed by atoms with E-state index in [1.165, 1.54) is 0 Å². The average Bonchev–Trinajstić information content (AvgIpc) is 3.42. The molecule has 1 aromatic carbocycles. The highest BCUT2D eigenvalue weighted by Crippen LogP contribution is 2.37. The van der Waals surface area contributed by atoms with Gasteiger partial charge in [-0.3, -0.25) is 14.4 Å². The molecule has 1 atom stereocenters. The van der Waals surface area contributed by atoms with Crippen LogP contribution >= 0.6 is 0 Å². The molecule has 6 nitrogen and oxygen atoms in total. The quantitative estimate of drug-likeness (QED) is 0.675. The number of amides is 2. The van der Waals surface area contributed by atoms with Gasteiger partial charge in [0.1, 0.15) is 11.7 Å². The lowest BCUT2D eigenvalue weighted by Gasteiger charge is -2.28. The lowest BCUT2D eigenvalue weighted by Crippen LogP contribution is -2.44. The third kappa shape index (κ3) is 4.32. The maximum Gasteiger partial charge on any atom is 0.268 e. The maximum absolute atomic E-state index is 13.1. The van der Waals surface area contributed by atoms with Crippen LogP contribution < -0.4 is 10.6 Å². The number of H-pyrrole nitrogens is 1. The molecule has 2 amide bonds. The third-order valence-electron chi connectivity index (χ3n) is 6.06. The van der Waals surface area contributed by atoms with Gasteiger partial charge in [0, 0.05) is 23.4 Å². The molecule has 4 rings (SSSR count). The number of para-hydroxylation sites is 1. The Hall–Kier alpha value is -2.89. The first-order chi connectivity index (χ1) is 14.2. The number of nitrogens with one attached hydrogen (secondary N) is 3. The largest absolute Gasteiger partial charge is 0.354 e. The zero-order valence-corrected chi connectivity index (χ0v) is 17.8. The molecular weight excluding hydrogens is 378 g/mol. The van der Waals surface area contributed by atoms with Gasteiger partial charge in [-0.25, -0.2) is 0 Å². The number of fused-ring (bicyclic) bond motifs is 1. The van der Waals surface area contributed by atoms with Gasteiger partial charge in [-0.15, -0.1) is 0 Å². The van der Waals surface area contributed by atoms with Crippen LogP contribution in [0.5, 0.6) is 0 Å². The number of aromatic amines is 1. The summed E-state index contributed by atoms with van der Waals surface area (Å²) < 4.78 is 0. The zero-order chi connectivity index (χ0) is 21.5. The SMILES string of the molecule is Cc1c(C(=O)NC(CC2CC2)C(=O)Nc2ccccc2)[nH]c2c1C(=O)CC(C)(C)C2. The summed E-state index contributed by atoms with van der Waals surface area (Å²) in [5.41, 5.74) is 3.12. The van der Waals surface area contributed by atoms with E-state index >= 15 is 0 Å². The first kappa shape index (κ1) is 20.4. The van der Waals surface area contributed by atoms with Crippen LogP contribution in [0.15, 0.2) is 30.3 Å². The predicted octanol–water partition coefficient (Wildman–Crippen LogP) is 4.02. The van der Waals surface area contributed by atoms with Crippen molar-refractivity contribution in [1.29, 1.82) is 0 Å². The van der Waals surface area contributed by atoms with Gasteiger partial charge < -0.3 is 15.6 Å². The van der Waals surface area contributed by atoms with E-state index in [0.29, 0.717) is 41.3 Å². The number of rotatable bonds is 6. The molecule has 0 spiro atoms. The number of carbonyl (C=O) groups excluding carboxylic acids is 3. The lowest BCUT2D eigenvalue weighted by molar-refractivity contribution is -0.118. The normalized spacial score (nSPS) is 18.4. The average molecular weight is 408 g/mol. The molecule has 30 heavy (non-hydrogen) atoms. The highest BCUT2D eigenvalue weighted by atomic mass is 16.2. The Morgan fingerprint density at radius 2 is 1.87 bits per heavy atom. The number of hydrogen-bond donors (Lipinski definition) is 3. The fourth-order valence-electron chi connectivity index (χ4n) is 4.36. The molecular formula is C24H29N3O3. The van der Waals surface area contributed by atoms with Crippen molar-refractivity contribution < 1.29 is 14.4 Å². The molecule has 1 fully saturated rings. The van der Waals surface area contributed by atoms with Gasteiger partial charge in [0.15, 0.2) is 5.78 Å². The van der Waals surface area contributed by atoms with Crippen LogP contribution in [0.1, 0.15) is 71.6 Å². The highest BCUT2D eigenvalue weighted by molar-refractivity contribution is 6.06. The summed E-state index contributed by atoms with van der Waals surface area (Å²) in [6.07, 6.45) is 4.00. The minimum atomic E-state index is -0.614. The van der Waals surface area contributed by atoms with Crippen molar-refractivity contribution in [1.82, 2.24) is 10.3 Å². The molecule has 158 valence electrons. The van der Waals surface area contributed by atoms with Gasteiger partial charge in [0.2, 0.25) is 5.91 Å². The van der Waals surface area contributed by atoms with Gasteiger partial charge >= 0.3 is 0 Å². The van der Waals surface area contributed by atoms with Gasteiger partial charge in [-0.1, -0.05) is 44.9 Å². The molecule has 0 aliphatic heterocycles. The van der Waals surface area contributed by atoms with E-state index in [1.807, 2.05) is 30.3 Å². The molecule has 2 aliphatic carbocycles. The molecule has 0 radical (unpaired) electrons. The molecule has 1 saturated carbocycles. The van der Waals surface area contributed by atoms with Crippen LogP contribution in [0.4, 0.5) is 5.69 Å². The fourth-order valence-corrected chi connectivity index (χ4v) is 4.36. The van der Waals surface area contributed by atoms with E-state index in [4.69, 9.17) is 0 Å². The summed E-state index contributed by atoms with van der Waals surface area (Å²) in [5, 5.41) is 5.81. The zero-order valence-electron chi connectivity index (χ0n) is 17.8. The standard InChI is InChI=1S/C24H29N3O3/c1-14-20-18(12-24(2,3)13-19(20)28)26-21(14)23(30)27-17(11-15-9-10-15)22(29)25-16-7-5-4-6-8-16/h4-8,15,17,26H,9-13H2,1-3H3,(H,25,29)(H,27,30). The maximum atomic E-state index is 13.1. The van der Waals surface area contributed by atoms with E-state index in [9.17, 15) is 14.4 Å². The summed E-state index contributed by atoms with van der Waals surface area (Å²) in [7, 11) is 0. The molecule has 1 aromatic heterocycles. The van der Waals surface area contributed by atoms with E-state index in [-0.39, 0.29) is 23.0 Å². The Morgan fingerprint density at radius 1 is 1.17 bits per heavy atom. The Kier molecular flexibility index (Phi) is 5.26. The van der Waals surface area contributed by atoms with E-state index < -0.39 is 6.04 Å². The topological polar surface area (TPSA) is 91.1 Å². The Morgan fingerprint density at radius 3 is 2.53 bits per heavy atom. The number of benzene rings is 1. The second-order valence-electron chi connectivity index (χ2n) is 9.48. The van der Waals surface area contributed by atoms with Gasteiger partial charge in [0.25, 0.3) is 5.91 Å². The molecule has 0 bridgehead atoms. The lowest BCUT2D eigenvalue weighted by atomic mass is 9.75. The summed E-state index contributed by atoms with van der Waals surface area (Å²) >= 11 is 0. The van der Waals surface area contributed by atoms with Crippen molar-refractivity contribution in [2.45, 2.75) is 58.9 Å². The number of anilines is 1. The van der Waals surface area contributed by atoms with Crippen molar-refractivity contribution in [3.63, 3.8) is 0 Å². The van der Waals surface area contributed by atoms with E-state index in [0.717, 1.165) is 25.0 Å². The van der Waals surface area contributed by atoms with Crippen molar-refractivity contribution >= 4 is 23.3 Å². The Balaban J connectivity index is 1.53. The van der Waals surface area contributed by atoms with E-state index in [2.05, 4.69) is 29.5 Å². The molecule has 2 aliphatic rings. The molecule has 6 heteroatoms. The molecule has 1 heterocycles. The third-order valence-corrected chi connectivity index (χ3v) is 6.06. The van der Waals surface area contributed by atoms with Crippen molar-refractivity contribution in [2.24, 2.45) is 11.3 Å². The smallest absolute Gasteiger partial charge is 0.268 e. The summed E-state index contributed by atoms with van der Waals surface area (Å²) in [6, 6.07) is 8.63. The number of Topliss-reactive ketones (excluding diaryl/α,β-unsaturated/α-hetero) is 1. The first-order valence-corrected chi connectivity index (χ1v) is 10.6. The number of carbonyl (C=O) groups is 3. The molecule has 3 N–H and O–H groups in total. The van der Waals surface area contributed by atoms with E-state index in [1.54, 1.807) is 6.92 Å². The number of ketones is 1. The fraction of sp³-hybridized carbons (Fsp3) is 0.458. The van der Waals surface area contributed by atoms with Crippen LogP contribution in [0.25, 0.3) is 0 Å². The van der Waals surface area contributed by atoms with Crippen LogP contribution in [0.3, 0.4) is 0 Å².